The molecule has 0 radical (unpaired) electrons. The quantitative estimate of drug-likeness (QED) is 0.384. The number of fused-ring (bicyclic) bond motifs is 1. The van der Waals surface area contributed by atoms with Gasteiger partial charge in [-0.1, -0.05) is 11.6 Å². The summed E-state index contributed by atoms with van der Waals surface area (Å²) in [5.74, 6) is -0.447. The number of hydrogen-bond donors (Lipinski definition) is 3. The molecule has 3 aromatic heterocycles. The van der Waals surface area contributed by atoms with E-state index >= 15 is 0 Å². The lowest BCUT2D eigenvalue weighted by molar-refractivity contribution is 0.0944. The fourth-order valence-electron chi connectivity index (χ4n) is 3.94. The highest BCUT2D eigenvalue weighted by Gasteiger charge is 2.21. The number of aryl methyl sites for hydroxylation is 2. The summed E-state index contributed by atoms with van der Waals surface area (Å²) in [6.07, 6.45) is 1.96. The zero-order valence-electron chi connectivity index (χ0n) is 18.9. The summed E-state index contributed by atoms with van der Waals surface area (Å²) in [5, 5.41) is 18.4. The Morgan fingerprint density at radius 3 is 2.76 bits per heavy atom. The van der Waals surface area contributed by atoms with Crippen molar-refractivity contribution >= 4 is 34.2 Å². The van der Waals surface area contributed by atoms with Crippen molar-refractivity contribution in [3.8, 4) is 0 Å². The summed E-state index contributed by atoms with van der Waals surface area (Å²) in [5.41, 5.74) is 9.59. The molecule has 0 spiro atoms. The summed E-state index contributed by atoms with van der Waals surface area (Å²) in [4.78, 5) is 21.2. The normalized spacial score (nSPS) is 12.2. The third kappa shape index (κ3) is 4.85. The Hall–Kier alpha value is -3.56. The van der Waals surface area contributed by atoms with Crippen LogP contribution < -0.4 is 11.1 Å². The van der Waals surface area contributed by atoms with Crippen LogP contribution in [0.1, 0.15) is 51.5 Å². The molecular weight excluding hydrogens is 459 g/mol. The Morgan fingerprint density at radius 1 is 1.29 bits per heavy atom. The number of aromatic nitrogens is 4. The highest BCUT2D eigenvalue weighted by atomic mass is 35.5. The predicted octanol–water partition coefficient (Wildman–Crippen LogP) is 3.85. The van der Waals surface area contributed by atoms with Gasteiger partial charge in [0.25, 0.3) is 5.91 Å². The highest BCUT2D eigenvalue weighted by Crippen LogP contribution is 2.23. The van der Waals surface area contributed by atoms with Gasteiger partial charge < -0.3 is 16.2 Å². The molecule has 10 heteroatoms. The van der Waals surface area contributed by atoms with Crippen LogP contribution >= 0.6 is 11.6 Å². The van der Waals surface area contributed by atoms with Gasteiger partial charge in [-0.2, -0.15) is 5.10 Å². The van der Waals surface area contributed by atoms with E-state index in [2.05, 4.69) is 20.4 Å². The highest BCUT2D eigenvalue weighted by molar-refractivity contribution is 6.31. The van der Waals surface area contributed by atoms with Crippen LogP contribution in [0.2, 0.25) is 5.02 Å². The van der Waals surface area contributed by atoms with E-state index in [0.29, 0.717) is 21.8 Å². The number of benzene rings is 1. The summed E-state index contributed by atoms with van der Waals surface area (Å²) < 4.78 is 16.0. The molecule has 4 aromatic rings. The zero-order valence-corrected chi connectivity index (χ0v) is 19.7. The van der Waals surface area contributed by atoms with E-state index in [1.807, 2.05) is 13.8 Å². The predicted molar refractivity (Wildman–Crippen MR) is 128 cm³/mol. The molecule has 4 rings (SSSR count). The number of nitrogens with zero attached hydrogens (tertiary/aromatic N) is 4. The second-order valence-electron chi connectivity index (χ2n) is 8.22. The minimum absolute atomic E-state index is 0.187. The largest absolute Gasteiger partial charge is 0.387 e. The second-order valence-corrected chi connectivity index (χ2v) is 8.65. The molecule has 1 amide bonds. The molecule has 3 heterocycles. The third-order valence-corrected chi connectivity index (χ3v) is 5.74. The zero-order chi connectivity index (χ0) is 24.6. The van der Waals surface area contributed by atoms with Crippen LogP contribution in [-0.4, -0.2) is 30.8 Å². The van der Waals surface area contributed by atoms with Gasteiger partial charge in [0.1, 0.15) is 22.8 Å². The van der Waals surface area contributed by atoms with Crippen LogP contribution in [-0.2, 0) is 13.1 Å². The van der Waals surface area contributed by atoms with Gasteiger partial charge in [0.05, 0.1) is 23.2 Å². The molecule has 0 saturated heterocycles. The number of nitrogens with two attached hydrogens (primary N) is 1. The summed E-state index contributed by atoms with van der Waals surface area (Å²) >= 11 is 5.99. The van der Waals surface area contributed by atoms with E-state index in [0.717, 1.165) is 16.8 Å². The molecule has 1 aromatic carbocycles. The summed E-state index contributed by atoms with van der Waals surface area (Å²) in [6.45, 7) is 5.70. The number of nitrogens with one attached hydrogen (secondary N) is 1. The fourth-order valence-corrected chi connectivity index (χ4v) is 4.10. The average Bonchev–Trinajstić information content (AvgIpc) is 3.16. The van der Waals surface area contributed by atoms with Gasteiger partial charge in [0.2, 0.25) is 0 Å². The van der Waals surface area contributed by atoms with Crippen LogP contribution in [0.15, 0.2) is 36.7 Å². The maximum Gasteiger partial charge on any atom is 0.255 e. The molecule has 0 fully saturated rings. The molecule has 8 nitrogen and oxygen atoms in total. The minimum atomic E-state index is -0.972. The molecule has 34 heavy (non-hydrogen) atoms. The lowest BCUT2D eigenvalue weighted by Gasteiger charge is -2.11. The van der Waals surface area contributed by atoms with E-state index in [9.17, 15) is 14.3 Å². The van der Waals surface area contributed by atoms with Crippen molar-refractivity contribution in [3.63, 3.8) is 0 Å². The van der Waals surface area contributed by atoms with Crippen LogP contribution in [0, 0.1) is 19.7 Å². The summed E-state index contributed by atoms with van der Waals surface area (Å²) in [7, 11) is 0. The maximum absolute atomic E-state index is 14.5. The van der Waals surface area contributed by atoms with E-state index in [-0.39, 0.29) is 29.9 Å². The number of aliphatic hydroxyl groups is 1. The number of carbonyl (C=O) groups is 1. The monoisotopic (exact) mass is 482 g/mol. The van der Waals surface area contributed by atoms with Gasteiger partial charge in [0, 0.05) is 30.0 Å². The topological polar surface area (TPSA) is 119 Å². The van der Waals surface area contributed by atoms with Crippen LogP contribution in [0.5, 0.6) is 0 Å². The first-order valence-corrected chi connectivity index (χ1v) is 11.0. The number of halogens is 2. The number of rotatable bonds is 6. The number of aliphatic hydroxyl groups excluding tert-OH is 1. The van der Waals surface area contributed by atoms with E-state index in [1.165, 1.54) is 30.1 Å². The van der Waals surface area contributed by atoms with Gasteiger partial charge in [-0.3, -0.25) is 14.5 Å². The number of hydrogen-bond acceptors (Lipinski definition) is 6. The van der Waals surface area contributed by atoms with Gasteiger partial charge >= 0.3 is 0 Å². The van der Waals surface area contributed by atoms with Crippen molar-refractivity contribution < 1.29 is 14.3 Å². The Kier molecular flexibility index (Phi) is 6.49. The molecule has 1 atom stereocenters. The van der Waals surface area contributed by atoms with Gasteiger partial charge in [-0.25, -0.2) is 9.37 Å². The van der Waals surface area contributed by atoms with Crippen molar-refractivity contribution in [1.82, 2.24) is 25.1 Å². The molecule has 1 unspecified atom stereocenters. The van der Waals surface area contributed by atoms with Gasteiger partial charge in [0.15, 0.2) is 0 Å². The van der Waals surface area contributed by atoms with Crippen LogP contribution in [0.4, 0.5) is 10.2 Å². The minimum Gasteiger partial charge on any atom is -0.387 e. The molecule has 0 aliphatic rings. The molecule has 0 saturated carbocycles. The van der Waals surface area contributed by atoms with Crippen molar-refractivity contribution in [1.29, 1.82) is 0 Å². The first kappa shape index (κ1) is 23.6. The Balaban J connectivity index is 1.58. The van der Waals surface area contributed by atoms with Gasteiger partial charge in [-0.15, -0.1) is 0 Å². The molecule has 176 valence electrons. The Bertz CT molecular complexity index is 1380. The molecule has 4 N–H and O–H groups in total. The van der Waals surface area contributed by atoms with E-state index < -0.39 is 17.8 Å². The lowest BCUT2D eigenvalue weighted by Crippen LogP contribution is -2.25. The van der Waals surface area contributed by atoms with Crippen molar-refractivity contribution in [2.75, 3.05) is 5.73 Å². The second kappa shape index (κ2) is 9.36. The number of carbonyl (C=O) groups excluding carboxylic acids is 1. The standard InChI is InChI=1S/C24H24ClFN6O2/c1-12-4-21(27)30-13(2)18(12)9-29-24(34)19-11-32(31-22(19)14(3)33)10-15-5-16-7-17(25)8-28-23(16)20(26)6-15/h4-8,11,14,33H,9-10H2,1-3H3,(H2,27,30)(H,29,34). The Labute approximate surface area is 200 Å². The van der Waals surface area contributed by atoms with Crippen molar-refractivity contribution in [2.45, 2.75) is 40.0 Å². The number of pyridine rings is 2. The van der Waals surface area contributed by atoms with Crippen molar-refractivity contribution in [3.05, 3.63) is 81.1 Å². The Morgan fingerprint density at radius 2 is 2.06 bits per heavy atom. The smallest absolute Gasteiger partial charge is 0.255 e. The van der Waals surface area contributed by atoms with E-state index in [4.69, 9.17) is 17.3 Å². The van der Waals surface area contributed by atoms with Gasteiger partial charge in [-0.05, 0) is 61.7 Å². The number of anilines is 1. The summed E-state index contributed by atoms with van der Waals surface area (Å²) in [6, 6.07) is 6.52. The average molecular weight is 483 g/mol. The first-order chi connectivity index (χ1) is 16.1. The number of amides is 1. The molecule has 0 aliphatic heterocycles. The molecule has 0 aliphatic carbocycles. The van der Waals surface area contributed by atoms with Crippen molar-refractivity contribution in [2.24, 2.45) is 0 Å². The maximum atomic E-state index is 14.5. The number of nitrogen functional groups attached to an aromatic ring is 1. The fraction of sp³-hybridized carbons (Fsp3) is 0.250. The third-order valence-electron chi connectivity index (χ3n) is 5.54. The molecular formula is C24H24ClFN6O2. The SMILES string of the molecule is Cc1cc(N)nc(C)c1CNC(=O)c1cn(Cc2cc(F)c3ncc(Cl)cc3c2)nc1C(C)O. The van der Waals surface area contributed by atoms with Crippen LogP contribution in [0.3, 0.4) is 0 Å². The van der Waals surface area contributed by atoms with E-state index in [1.54, 1.807) is 18.2 Å². The lowest BCUT2D eigenvalue weighted by atomic mass is 10.1. The molecule has 0 bridgehead atoms. The first-order valence-electron chi connectivity index (χ1n) is 10.6. The van der Waals surface area contributed by atoms with Crippen LogP contribution in [0.25, 0.3) is 10.9 Å².